The number of nitrogens with zero attached hydrogens (tertiary/aromatic N) is 2. The highest BCUT2D eigenvalue weighted by Crippen LogP contribution is 2.49. The van der Waals surface area contributed by atoms with E-state index in [0.717, 1.165) is 28.9 Å². The van der Waals surface area contributed by atoms with Gasteiger partial charge in [-0.1, -0.05) is 37.3 Å². The number of anilines is 2. The van der Waals surface area contributed by atoms with Crippen LogP contribution in [0.15, 0.2) is 54.7 Å². The van der Waals surface area contributed by atoms with Crippen molar-refractivity contribution in [3.05, 3.63) is 71.4 Å². The van der Waals surface area contributed by atoms with Crippen LogP contribution >= 0.6 is 0 Å². The molecule has 1 spiro atoms. The number of para-hydroxylation sites is 1. The van der Waals surface area contributed by atoms with E-state index < -0.39 is 5.41 Å². The van der Waals surface area contributed by atoms with Gasteiger partial charge in [-0.15, -0.1) is 0 Å². The van der Waals surface area contributed by atoms with Crippen molar-refractivity contribution in [3.63, 3.8) is 0 Å². The summed E-state index contributed by atoms with van der Waals surface area (Å²) >= 11 is 0. The zero-order chi connectivity index (χ0) is 18.6. The highest BCUT2D eigenvalue weighted by Gasteiger charge is 2.54. The van der Waals surface area contributed by atoms with Crippen LogP contribution in [-0.2, 0) is 21.4 Å². The summed E-state index contributed by atoms with van der Waals surface area (Å²) in [4.78, 5) is 25.6. The summed E-state index contributed by atoms with van der Waals surface area (Å²) in [6.45, 7) is 2.09. The van der Waals surface area contributed by atoms with Gasteiger partial charge in [0.15, 0.2) is 0 Å². The summed E-state index contributed by atoms with van der Waals surface area (Å²) in [5.74, 6) is 0.191. The summed E-state index contributed by atoms with van der Waals surface area (Å²) in [7, 11) is 0. The average molecular weight is 358 g/mol. The fourth-order valence-electron chi connectivity index (χ4n) is 4.16. The van der Waals surface area contributed by atoms with Gasteiger partial charge in [0, 0.05) is 17.7 Å². The maximum absolute atomic E-state index is 13.0. The largest absolute Gasteiger partial charge is 0.325 e. The van der Waals surface area contributed by atoms with Crippen LogP contribution < -0.4 is 10.6 Å². The summed E-state index contributed by atoms with van der Waals surface area (Å²) in [5.41, 5.74) is 3.31. The normalized spacial score (nSPS) is 20.2. The molecular formula is C21H18N4O2. The highest BCUT2D eigenvalue weighted by atomic mass is 16.2. The van der Waals surface area contributed by atoms with Gasteiger partial charge in [0.05, 0.1) is 11.9 Å². The lowest BCUT2D eigenvalue weighted by atomic mass is 9.72. The number of carbonyl (C=O) groups excluding carboxylic acids is 2. The number of hydrogen-bond acceptors (Lipinski definition) is 3. The molecule has 3 heterocycles. The minimum Gasteiger partial charge on any atom is -0.325 e. The Bertz CT molecular complexity index is 1100. The zero-order valence-electron chi connectivity index (χ0n) is 14.8. The van der Waals surface area contributed by atoms with E-state index in [2.05, 4.69) is 28.7 Å². The lowest BCUT2D eigenvalue weighted by Gasteiger charge is -2.31. The molecule has 2 N–H and O–H groups in total. The quantitative estimate of drug-likeness (QED) is 0.739. The van der Waals surface area contributed by atoms with E-state index in [0.29, 0.717) is 5.82 Å². The van der Waals surface area contributed by atoms with Gasteiger partial charge >= 0.3 is 0 Å². The van der Waals surface area contributed by atoms with Gasteiger partial charge in [-0.05, 0) is 35.7 Å². The predicted octanol–water partition coefficient (Wildman–Crippen LogP) is 3.02. The van der Waals surface area contributed by atoms with Crippen LogP contribution in [0, 0.1) is 0 Å². The first-order valence-corrected chi connectivity index (χ1v) is 9.02. The SMILES string of the molecule is CCc1cccc(-n2ncc3c2NC(=O)CC32C(=O)Nc3ccccc32)c1. The van der Waals surface area contributed by atoms with E-state index in [4.69, 9.17) is 0 Å². The fourth-order valence-corrected chi connectivity index (χ4v) is 4.16. The minimum absolute atomic E-state index is 0.0730. The van der Waals surface area contributed by atoms with Crippen molar-refractivity contribution >= 4 is 23.3 Å². The van der Waals surface area contributed by atoms with Crippen molar-refractivity contribution in [1.29, 1.82) is 0 Å². The molecule has 3 aromatic rings. The van der Waals surface area contributed by atoms with Gasteiger partial charge in [0.25, 0.3) is 0 Å². The van der Waals surface area contributed by atoms with Gasteiger partial charge in [-0.3, -0.25) is 9.59 Å². The third kappa shape index (κ3) is 2.10. The van der Waals surface area contributed by atoms with Crippen LogP contribution in [0.3, 0.4) is 0 Å². The van der Waals surface area contributed by atoms with E-state index >= 15 is 0 Å². The Kier molecular flexibility index (Phi) is 3.25. The number of benzene rings is 2. The predicted molar refractivity (Wildman–Crippen MR) is 102 cm³/mol. The second-order valence-electron chi connectivity index (χ2n) is 6.97. The molecule has 1 aromatic heterocycles. The number of rotatable bonds is 2. The number of amides is 2. The first-order chi connectivity index (χ1) is 13.1. The van der Waals surface area contributed by atoms with Gasteiger partial charge in [0.1, 0.15) is 11.2 Å². The molecule has 2 amide bonds. The lowest BCUT2D eigenvalue weighted by molar-refractivity contribution is -0.125. The van der Waals surface area contributed by atoms with Crippen LogP contribution in [0.1, 0.15) is 30.0 Å². The maximum atomic E-state index is 13.0. The molecule has 27 heavy (non-hydrogen) atoms. The van der Waals surface area contributed by atoms with E-state index in [1.165, 1.54) is 5.56 Å². The van der Waals surface area contributed by atoms with Gasteiger partial charge < -0.3 is 10.6 Å². The molecule has 6 nitrogen and oxygen atoms in total. The topological polar surface area (TPSA) is 76.0 Å². The molecule has 0 fully saturated rings. The Labute approximate surface area is 156 Å². The van der Waals surface area contributed by atoms with E-state index in [1.54, 1.807) is 10.9 Å². The molecule has 1 unspecified atom stereocenters. The number of aryl methyl sites for hydroxylation is 1. The number of fused-ring (bicyclic) bond motifs is 4. The molecule has 0 saturated heterocycles. The minimum atomic E-state index is -1.03. The second kappa shape index (κ2) is 5.54. The van der Waals surface area contributed by atoms with Crippen LogP contribution in [0.4, 0.5) is 11.5 Å². The summed E-state index contributed by atoms with van der Waals surface area (Å²) in [6.07, 6.45) is 2.68. The lowest BCUT2D eigenvalue weighted by Crippen LogP contribution is -2.43. The first kappa shape index (κ1) is 15.8. The molecular weight excluding hydrogens is 340 g/mol. The van der Waals surface area contributed by atoms with Crippen LogP contribution in [-0.4, -0.2) is 21.6 Å². The summed E-state index contributed by atoms with van der Waals surface area (Å²) in [5, 5.41) is 10.4. The maximum Gasteiger partial charge on any atom is 0.240 e. The van der Waals surface area contributed by atoms with Crippen LogP contribution in [0.25, 0.3) is 5.69 Å². The van der Waals surface area contributed by atoms with Crippen molar-refractivity contribution in [2.45, 2.75) is 25.2 Å². The first-order valence-electron chi connectivity index (χ1n) is 9.02. The number of carbonyl (C=O) groups is 2. The van der Waals surface area contributed by atoms with E-state index in [-0.39, 0.29) is 18.2 Å². The Hall–Kier alpha value is -3.41. The average Bonchev–Trinajstić information content (AvgIpc) is 3.22. The van der Waals surface area contributed by atoms with Crippen molar-refractivity contribution in [1.82, 2.24) is 9.78 Å². The van der Waals surface area contributed by atoms with Crippen LogP contribution in [0.2, 0.25) is 0 Å². The van der Waals surface area contributed by atoms with Crippen molar-refractivity contribution in [2.75, 3.05) is 10.6 Å². The summed E-state index contributed by atoms with van der Waals surface area (Å²) in [6, 6.07) is 15.6. The second-order valence-corrected chi connectivity index (χ2v) is 6.97. The monoisotopic (exact) mass is 358 g/mol. The van der Waals surface area contributed by atoms with Crippen LogP contribution in [0.5, 0.6) is 0 Å². The zero-order valence-corrected chi connectivity index (χ0v) is 14.8. The Morgan fingerprint density at radius 1 is 1.07 bits per heavy atom. The Balaban J connectivity index is 1.74. The Morgan fingerprint density at radius 2 is 1.93 bits per heavy atom. The molecule has 2 aliphatic rings. The molecule has 1 atom stereocenters. The number of aromatic nitrogens is 2. The standard InChI is InChI=1S/C21H18N4O2/c1-2-13-6-5-7-14(10-13)25-19-16(12-22-25)21(11-18(26)24-19)15-8-3-4-9-17(15)23-20(21)27/h3-10,12H,2,11H2,1H3,(H,23,27)(H,24,26). The third-order valence-corrected chi connectivity index (χ3v) is 5.50. The van der Waals surface area contributed by atoms with Crippen molar-refractivity contribution < 1.29 is 9.59 Å². The molecule has 0 radical (unpaired) electrons. The molecule has 6 heteroatoms. The smallest absolute Gasteiger partial charge is 0.240 e. The fraction of sp³-hybridized carbons (Fsp3) is 0.190. The Morgan fingerprint density at radius 3 is 2.78 bits per heavy atom. The van der Waals surface area contributed by atoms with E-state index in [9.17, 15) is 9.59 Å². The highest BCUT2D eigenvalue weighted by molar-refractivity contribution is 6.14. The van der Waals surface area contributed by atoms with Gasteiger partial charge in [-0.2, -0.15) is 5.10 Å². The summed E-state index contributed by atoms with van der Waals surface area (Å²) < 4.78 is 1.71. The molecule has 2 aromatic carbocycles. The van der Waals surface area contributed by atoms with Gasteiger partial charge in [0.2, 0.25) is 11.8 Å². The molecule has 5 rings (SSSR count). The number of nitrogens with one attached hydrogen (secondary N) is 2. The van der Waals surface area contributed by atoms with Crippen molar-refractivity contribution in [3.8, 4) is 5.69 Å². The van der Waals surface area contributed by atoms with E-state index in [1.807, 2.05) is 42.5 Å². The molecule has 134 valence electrons. The van der Waals surface area contributed by atoms with Crippen molar-refractivity contribution in [2.24, 2.45) is 0 Å². The molecule has 0 aliphatic carbocycles. The molecule has 2 aliphatic heterocycles. The molecule has 0 bridgehead atoms. The number of hydrogen-bond donors (Lipinski definition) is 2. The van der Waals surface area contributed by atoms with Gasteiger partial charge in [-0.25, -0.2) is 4.68 Å². The third-order valence-electron chi connectivity index (χ3n) is 5.50. The molecule has 0 saturated carbocycles.